The van der Waals surface area contributed by atoms with Crippen LogP contribution in [0.3, 0.4) is 0 Å². The number of hydrogen-bond acceptors (Lipinski definition) is 3. The highest BCUT2D eigenvalue weighted by molar-refractivity contribution is 5.27. The third kappa shape index (κ3) is 3.72. The Kier molecular flexibility index (Phi) is 4.55. The normalized spacial score (nSPS) is 26.3. The van der Waals surface area contributed by atoms with Gasteiger partial charge >= 0.3 is 6.18 Å². The van der Waals surface area contributed by atoms with Gasteiger partial charge in [-0.05, 0) is 24.6 Å². The van der Waals surface area contributed by atoms with E-state index >= 15 is 0 Å². The van der Waals surface area contributed by atoms with E-state index in [1.54, 1.807) is 6.92 Å². The number of ether oxygens (including phenoxy) is 1. The summed E-state index contributed by atoms with van der Waals surface area (Å²) in [5, 5.41) is 13.1. The number of aliphatic hydroxyl groups is 1. The molecule has 1 saturated heterocycles. The van der Waals surface area contributed by atoms with Crippen molar-refractivity contribution in [1.82, 2.24) is 5.32 Å². The van der Waals surface area contributed by atoms with Gasteiger partial charge in [0.25, 0.3) is 0 Å². The van der Waals surface area contributed by atoms with Crippen molar-refractivity contribution < 1.29 is 27.4 Å². The third-order valence-corrected chi connectivity index (χ3v) is 3.76. The fraction of sp³-hybridized carbons (Fsp3) is 0.571. The maximum atomic E-state index is 13.1. The molecular formula is C14H17F4NO2. The summed E-state index contributed by atoms with van der Waals surface area (Å²) in [6, 6.07) is 2.87. The number of nitrogens with one attached hydrogen (secondary N) is 1. The van der Waals surface area contributed by atoms with Crippen LogP contribution in [-0.2, 0) is 17.5 Å². The number of hydrogen-bond donors (Lipinski definition) is 2. The lowest BCUT2D eigenvalue weighted by Crippen LogP contribution is -2.45. The first-order chi connectivity index (χ1) is 9.72. The molecule has 21 heavy (non-hydrogen) atoms. The van der Waals surface area contributed by atoms with E-state index in [1.165, 1.54) is 6.07 Å². The molecule has 2 unspecified atom stereocenters. The number of rotatable bonds is 4. The molecule has 1 aromatic rings. The Labute approximate surface area is 119 Å². The van der Waals surface area contributed by atoms with Crippen LogP contribution >= 0.6 is 0 Å². The number of alkyl halides is 3. The molecule has 0 saturated carbocycles. The van der Waals surface area contributed by atoms with E-state index in [9.17, 15) is 22.7 Å². The molecule has 2 N–H and O–H groups in total. The van der Waals surface area contributed by atoms with Gasteiger partial charge in [-0.1, -0.05) is 6.07 Å². The Hall–Kier alpha value is -1.18. The molecule has 2 rings (SSSR count). The number of benzene rings is 1. The molecule has 1 heterocycles. The van der Waals surface area contributed by atoms with Crippen molar-refractivity contribution in [3.8, 4) is 0 Å². The Morgan fingerprint density at radius 1 is 1.43 bits per heavy atom. The lowest BCUT2D eigenvalue weighted by atomic mass is 9.96. The van der Waals surface area contributed by atoms with Crippen LogP contribution in [0.5, 0.6) is 0 Å². The smallest absolute Gasteiger partial charge is 0.386 e. The highest BCUT2D eigenvalue weighted by atomic mass is 19.4. The highest BCUT2D eigenvalue weighted by Gasteiger charge is 2.39. The topological polar surface area (TPSA) is 41.5 Å². The zero-order valence-electron chi connectivity index (χ0n) is 11.5. The van der Waals surface area contributed by atoms with E-state index in [2.05, 4.69) is 5.32 Å². The molecular weight excluding hydrogens is 290 g/mol. The molecule has 0 radical (unpaired) electrons. The predicted octanol–water partition coefficient (Wildman–Crippen LogP) is 2.47. The quantitative estimate of drug-likeness (QED) is 0.840. The van der Waals surface area contributed by atoms with Crippen LogP contribution < -0.4 is 5.32 Å². The van der Waals surface area contributed by atoms with Gasteiger partial charge in [-0.25, -0.2) is 4.39 Å². The molecule has 3 nitrogen and oxygen atoms in total. The van der Waals surface area contributed by atoms with E-state index < -0.39 is 23.2 Å². The predicted molar refractivity (Wildman–Crippen MR) is 68.1 cm³/mol. The fourth-order valence-corrected chi connectivity index (χ4v) is 2.33. The monoisotopic (exact) mass is 307 g/mol. The van der Waals surface area contributed by atoms with Crippen molar-refractivity contribution in [2.24, 2.45) is 0 Å². The Morgan fingerprint density at radius 3 is 2.71 bits per heavy atom. The number of halogens is 4. The Balaban J connectivity index is 1.98. The van der Waals surface area contributed by atoms with Gasteiger partial charge in [-0.15, -0.1) is 0 Å². The van der Waals surface area contributed by atoms with Gasteiger partial charge < -0.3 is 15.2 Å². The van der Waals surface area contributed by atoms with E-state index in [1.807, 2.05) is 0 Å². The van der Waals surface area contributed by atoms with Crippen LogP contribution in [-0.4, -0.2) is 30.0 Å². The van der Waals surface area contributed by atoms with Crippen LogP contribution in [0.1, 0.15) is 24.5 Å². The summed E-state index contributed by atoms with van der Waals surface area (Å²) in [5.74, 6) is -1.29. The van der Waals surface area contributed by atoms with Crippen molar-refractivity contribution >= 4 is 0 Å². The summed E-state index contributed by atoms with van der Waals surface area (Å²) in [6.45, 7) is 2.51. The summed E-state index contributed by atoms with van der Waals surface area (Å²) in [5.41, 5.74) is -2.00. The van der Waals surface area contributed by atoms with E-state index in [4.69, 9.17) is 4.74 Å². The van der Waals surface area contributed by atoms with Crippen molar-refractivity contribution in [2.45, 2.75) is 37.8 Å². The Bertz CT molecular complexity index is 506. The van der Waals surface area contributed by atoms with Crippen LogP contribution in [0.25, 0.3) is 0 Å². The zero-order valence-corrected chi connectivity index (χ0v) is 11.5. The van der Waals surface area contributed by atoms with Crippen molar-refractivity contribution in [2.75, 3.05) is 13.2 Å². The molecule has 1 aliphatic heterocycles. The van der Waals surface area contributed by atoms with E-state index in [0.717, 1.165) is 12.1 Å². The Morgan fingerprint density at radius 2 is 2.14 bits per heavy atom. The largest absolute Gasteiger partial charge is 0.419 e. The summed E-state index contributed by atoms with van der Waals surface area (Å²) < 4.78 is 56.2. The van der Waals surface area contributed by atoms with Crippen molar-refractivity contribution in [1.29, 1.82) is 0 Å². The molecule has 2 atom stereocenters. The minimum atomic E-state index is -4.72. The minimum Gasteiger partial charge on any atom is -0.386 e. The van der Waals surface area contributed by atoms with Crippen LogP contribution in [0.2, 0.25) is 0 Å². The first-order valence-electron chi connectivity index (χ1n) is 6.63. The minimum absolute atomic E-state index is 0.110. The lowest BCUT2D eigenvalue weighted by Gasteiger charge is -2.26. The van der Waals surface area contributed by atoms with Gasteiger partial charge in [-0.2, -0.15) is 13.2 Å². The van der Waals surface area contributed by atoms with Gasteiger partial charge in [0.05, 0.1) is 11.7 Å². The van der Waals surface area contributed by atoms with Gasteiger partial charge in [0, 0.05) is 26.1 Å². The molecule has 0 aromatic heterocycles. The molecule has 1 aromatic carbocycles. The fourth-order valence-electron chi connectivity index (χ4n) is 2.33. The average molecular weight is 307 g/mol. The third-order valence-electron chi connectivity index (χ3n) is 3.76. The SMILES string of the molecule is CC1OCCC1(O)CNCc1ccc(F)c(C(F)(F)F)c1. The van der Waals surface area contributed by atoms with Gasteiger partial charge in [0.1, 0.15) is 11.4 Å². The first-order valence-corrected chi connectivity index (χ1v) is 6.63. The molecule has 0 spiro atoms. The molecule has 1 fully saturated rings. The van der Waals surface area contributed by atoms with E-state index in [-0.39, 0.29) is 19.2 Å². The summed E-state index contributed by atoms with van der Waals surface area (Å²) in [6.07, 6.45) is -4.58. The second-order valence-corrected chi connectivity index (χ2v) is 5.28. The molecule has 118 valence electrons. The average Bonchev–Trinajstić information content (AvgIpc) is 2.70. The van der Waals surface area contributed by atoms with Crippen LogP contribution in [0, 0.1) is 5.82 Å². The summed E-state index contributed by atoms with van der Waals surface area (Å²) >= 11 is 0. The standard InChI is InChI=1S/C14H17F4NO2/c1-9-13(20,4-5-21-9)8-19-7-10-2-3-12(15)11(6-10)14(16,17)18/h2-3,6,9,19-20H,4-5,7-8H2,1H3. The lowest BCUT2D eigenvalue weighted by molar-refractivity contribution is -0.140. The maximum absolute atomic E-state index is 13.1. The van der Waals surface area contributed by atoms with Gasteiger partial charge in [-0.3, -0.25) is 0 Å². The second kappa shape index (κ2) is 5.90. The summed E-state index contributed by atoms with van der Waals surface area (Å²) in [7, 11) is 0. The maximum Gasteiger partial charge on any atom is 0.419 e. The van der Waals surface area contributed by atoms with Crippen LogP contribution in [0.4, 0.5) is 17.6 Å². The van der Waals surface area contributed by atoms with E-state index in [0.29, 0.717) is 18.6 Å². The van der Waals surface area contributed by atoms with Crippen LogP contribution in [0.15, 0.2) is 18.2 Å². The second-order valence-electron chi connectivity index (χ2n) is 5.28. The molecule has 0 bridgehead atoms. The van der Waals surface area contributed by atoms with Gasteiger partial charge in [0.2, 0.25) is 0 Å². The molecule has 7 heteroatoms. The van der Waals surface area contributed by atoms with Crippen molar-refractivity contribution in [3.63, 3.8) is 0 Å². The molecule has 0 amide bonds. The zero-order chi connectivity index (χ0) is 15.7. The highest BCUT2D eigenvalue weighted by Crippen LogP contribution is 2.32. The molecule has 0 aliphatic carbocycles. The molecule has 1 aliphatic rings. The van der Waals surface area contributed by atoms with Crippen molar-refractivity contribution in [3.05, 3.63) is 35.1 Å². The first kappa shape index (κ1) is 16.2. The summed E-state index contributed by atoms with van der Waals surface area (Å²) in [4.78, 5) is 0. The van der Waals surface area contributed by atoms with Gasteiger partial charge in [0.15, 0.2) is 0 Å².